The van der Waals surface area contributed by atoms with Crippen LogP contribution in [-0.2, 0) is 20.2 Å². The van der Waals surface area contributed by atoms with Gasteiger partial charge in [-0.05, 0) is 73.9 Å². The zero-order chi connectivity index (χ0) is 25.2. The molecule has 1 aliphatic heterocycles. The van der Waals surface area contributed by atoms with Crippen LogP contribution in [0.25, 0.3) is 11.0 Å². The Morgan fingerprint density at radius 1 is 1.11 bits per heavy atom. The zero-order valence-corrected chi connectivity index (χ0v) is 21.3. The van der Waals surface area contributed by atoms with E-state index in [1.165, 1.54) is 6.07 Å². The lowest BCUT2D eigenvalue weighted by atomic mass is 9.93. The minimum Gasteiger partial charge on any atom is -0.473 e. The number of fused-ring (bicyclic) bond motifs is 1. The highest BCUT2D eigenvalue weighted by Crippen LogP contribution is 2.29. The monoisotopic (exact) mass is 526 g/mol. The molecule has 0 N–H and O–H groups in total. The summed E-state index contributed by atoms with van der Waals surface area (Å²) in [7, 11) is 1.96. The highest BCUT2D eigenvalue weighted by molar-refractivity contribution is 6.67. The van der Waals surface area contributed by atoms with Gasteiger partial charge in [-0.25, -0.2) is 14.4 Å². The number of carbonyl (C=O) groups is 1. The fourth-order valence-electron chi connectivity index (χ4n) is 4.62. The van der Waals surface area contributed by atoms with Gasteiger partial charge in [-0.1, -0.05) is 23.7 Å². The number of hydrogen-bond acceptors (Lipinski definition) is 5. The van der Waals surface area contributed by atoms with Crippen molar-refractivity contribution < 1.29 is 13.9 Å². The molecule has 0 aliphatic carbocycles. The van der Waals surface area contributed by atoms with E-state index >= 15 is 0 Å². The van der Waals surface area contributed by atoms with Gasteiger partial charge < -0.3 is 9.30 Å². The summed E-state index contributed by atoms with van der Waals surface area (Å²) < 4.78 is 21.8. The van der Waals surface area contributed by atoms with E-state index in [2.05, 4.69) is 9.88 Å². The standard InChI is InChI=1S/C27H25Cl2FN4O2/c1-33-24-13-18(27(29)35)6-8-23(24)31-25(33)15-34-11-9-17(10-12-34)22-3-2-4-26(32-22)36-16-19-5-7-20(28)14-21(19)30/h2-8,13-14,17H,9-12,15-16H2,1H3. The molecule has 36 heavy (non-hydrogen) atoms. The smallest absolute Gasteiger partial charge is 0.252 e. The molecule has 9 heteroatoms. The molecule has 0 bridgehead atoms. The Kier molecular flexibility index (Phi) is 7.23. The van der Waals surface area contributed by atoms with E-state index in [-0.39, 0.29) is 12.4 Å². The summed E-state index contributed by atoms with van der Waals surface area (Å²) >= 11 is 11.5. The maximum Gasteiger partial charge on any atom is 0.252 e. The Morgan fingerprint density at radius 3 is 2.67 bits per heavy atom. The first-order chi connectivity index (χ1) is 17.4. The molecular weight excluding hydrogens is 502 g/mol. The number of imidazole rings is 1. The maximum atomic E-state index is 14.0. The van der Waals surface area contributed by atoms with Crippen molar-refractivity contribution in [3.05, 3.63) is 88.1 Å². The highest BCUT2D eigenvalue weighted by atomic mass is 35.5. The third-order valence-electron chi connectivity index (χ3n) is 6.71. The largest absolute Gasteiger partial charge is 0.473 e. The van der Waals surface area contributed by atoms with Crippen LogP contribution >= 0.6 is 23.2 Å². The number of hydrogen-bond donors (Lipinski definition) is 0. The fourth-order valence-corrected chi connectivity index (χ4v) is 4.90. The number of carbonyl (C=O) groups excluding carboxylic acids is 1. The highest BCUT2D eigenvalue weighted by Gasteiger charge is 2.23. The lowest BCUT2D eigenvalue weighted by Gasteiger charge is -2.31. The predicted octanol–water partition coefficient (Wildman–Crippen LogP) is 6.10. The molecule has 0 radical (unpaired) electrons. The third-order valence-corrected chi connectivity index (χ3v) is 7.16. The molecule has 6 nitrogen and oxygen atoms in total. The maximum absolute atomic E-state index is 14.0. The number of pyridine rings is 1. The van der Waals surface area contributed by atoms with Crippen LogP contribution in [0.1, 0.15) is 46.2 Å². The number of halogens is 3. The first-order valence-electron chi connectivity index (χ1n) is 11.8. The van der Waals surface area contributed by atoms with Crippen LogP contribution in [0.2, 0.25) is 5.02 Å². The first-order valence-corrected chi connectivity index (χ1v) is 12.5. The van der Waals surface area contributed by atoms with E-state index in [0.717, 1.165) is 55.0 Å². The number of nitrogens with zero attached hydrogens (tertiary/aromatic N) is 4. The molecular formula is C27H25Cl2FN4O2. The van der Waals surface area contributed by atoms with Crippen LogP contribution in [0.5, 0.6) is 5.88 Å². The van der Waals surface area contributed by atoms with Crippen LogP contribution in [0.3, 0.4) is 0 Å². The topological polar surface area (TPSA) is 60.2 Å². The SMILES string of the molecule is Cn1c(CN2CCC(c3cccc(OCc4ccc(Cl)cc4F)n3)CC2)nc2ccc(C(=O)Cl)cc21. The van der Waals surface area contributed by atoms with Crippen LogP contribution in [-0.4, -0.2) is 37.8 Å². The Hall–Kier alpha value is -3.00. The molecule has 0 atom stereocenters. The van der Waals surface area contributed by atoms with Crippen molar-refractivity contribution in [2.75, 3.05) is 13.1 Å². The molecule has 2 aromatic heterocycles. The van der Waals surface area contributed by atoms with Crippen molar-refractivity contribution in [3.63, 3.8) is 0 Å². The summed E-state index contributed by atoms with van der Waals surface area (Å²) in [4.78, 5) is 23.3. The number of aryl methyl sites for hydroxylation is 1. The van der Waals surface area contributed by atoms with E-state index in [0.29, 0.717) is 27.9 Å². The molecule has 0 unspecified atom stereocenters. The summed E-state index contributed by atoms with van der Waals surface area (Å²) in [5.41, 5.74) is 3.64. The molecule has 1 aliphatic rings. The first kappa shape index (κ1) is 24.7. The zero-order valence-electron chi connectivity index (χ0n) is 19.8. The second-order valence-corrected chi connectivity index (χ2v) is 9.82. The van der Waals surface area contributed by atoms with E-state index < -0.39 is 5.24 Å². The number of piperidine rings is 1. The molecule has 1 saturated heterocycles. The Bertz CT molecular complexity index is 1420. The van der Waals surface area contributed by atoms with Crippen LogP contribution in [0.4, 0.5) is 4.39 Å². The molecule has 2 aromatic carbocycles. The van der Waals surface area contributed by atoms with Gasteiger partial charge >= 0.3 is 0 Å². The van der Waals surface area contributed by atoms with Crippen LogP contribution in [0.15, 0.2) is 54.6 Å². The number of likely N-dealkylation sites (tertiary alicyclic amines) is 1. The number of ether oxygens (including phenoxy) is 1. The number of aromatic nitrogens is 3. The lowest BCUT2D eigenvalue weighted by Crippen LogP contribution is -2.33. The summed E-state index contributed by atoms with van der Waals surface area (Å²) in [5, 5.41) is -0.113. The summed E-state index contributed by atoms with van der Waals surface area (Å²) in [6, 6.07) is 15.6. The summed E-state index contributed by atoms with van der Waals surface area (Å²) in [5.74, 6) is 1.37. The summed E-state index contributed by atoms with van der Waals surface area (Å²) in [6.45, 7) is 2.66. The Labute approximate surface area is 218 Å². The minimum absolute atomic E-state index is 0.0937. The van der Waals surface area contributed by atoms with Gasteiger partial charge in [0.1, 0.15) is 18.2 Å². The third kappa shape index (κ3) is 5.38. The van der Waals surface area contributed by atoms with Crippen molar-refractivity contribution >= 4 is 39.5 Å². The molecule has 5 rings (SSSR count). The Balaban J connectivity index is 1.20. The quantitative estimate of drug-likeness (QED) is 0.272. The molecule has 3 heterocycles. The Morgan fingerprint density at radius 2 is 1.92 bits per heavy atom. The normalized spacial score (nSPS) is 14.9. The van der Waals surface area contributed by atoms with Crippen molar-refractivity contribution in [3.8, 4) is 5.88 Å². The predicted molar refractivity (Wildman–Crippen MR) is 138 cm³/mol. The van der Waals surface area contributed by atoms with Gasteiger partial charge in [0, 0.05) is 40.9 Å². The van der Waals surface area contributed by atoms with Gasteiger partial charge in [-0.3, -0.25) is 9.69 Å². The van der Waals surface area contributed by atoms with Gasteiger partial charge in [-0.15, -0.1) is 0 Å². The van der Waals surface area contributed by atoms with E-state index in [1.54, 1.807) is 30.3 Å². The number of benzene rings is 2. The van der Waals surface area contributed by atoms with E-state index in [9.17, 15) is 9.18 Å². The average Bonchev–Trinajstić information content (AvgIpc) is 3.18. The molecule has 0 saturated carbocycles. The van der Waals surface area contributed by atoms with E-state index in [4.69, 9.17) is 32.9 Å². The van der Waals surface area contributed by atoms with Crippen molar-refractivity contribution in [1.29, 1.82) is 0 Å². The van der Waals surface area contributed by atoms with Crippen molar-refractivity contribution in [1.82, 2.24) is 19.4 Å². The van der Waals surface area contributed by atoms with Crippen molar-refractivity contribution in [2.24, 2.45) is 7.05 Å². The molecule has 186 valence electrons. The number of rotatable bonds is 7. The van der Waals surface area contributed by atoms with Crippen LogP contribution < -0.4 is 4.74 Å². The lowest BCUT2D eigenvalue weighted by molar-refractivity contribution is 0.108. The second-order valence-electron chi connectivity index (χ2n) is 9.04. The van der Waals surface area contributed by atoms with Crippen molar-refractivity contribution in [2.45, 2.75) is 31.9 Å². The van der Waals surface area contributed by atoms with Gasteiger partial charge in [0.05, 0.1) is 17.6 Å². The molecule has 1 fully saturated rings. The fraction of sp³-hybridized carbons (Fsp3) is 0.296. The minimum atomic E-state index is -0.470. The average molecular weight is 527 g/mol. The summed E-state index contributed by atoms with van der Waals surface area (Å²) in [6.07, 6.45) is 1.94. The second kappa shape index (κ2) is 10.5. The van der Waals surface area contributed by atoms with Gasteiger partial charge in [0.2, 0.25) is 5.88 Å². The molecule has 4 aromatic rings. The molecule has 0 spiro atoms. The van der Waals surface area contributed by atoms with Gasteiger partial charge in [-0.2, -0.15) is 0 Å². The van der Waals surface area contributed by atoms with Gasteiger partial charge in [0.25, 0.3) is 5.24 Å². The van der Waals surface area contributed by atoms with Crippen LogP contribution in [0, 0.1) is 5.82 Å². The van der Waals surface area contributed by atoms with E-state index in [1.807, 2.05) is 29.8 Å². The molecule has 0 amide bonds. The van der Waals surface area contributed by atoms with Gasteiger partial charge in [0.15, 0.2) is 0 Å².